The molecule has 2 aromatic heterocycles. The summed E-state index contributed by atoms with van der Waals surface area (Å²) in [7, 11) is 4.10. The number of hydrogen-bond acceptors (Lipinski definition) is 1. The fourth-order valence-electron chi connectivity index (χ4n) is 2.58. The third-order valence-corrected chi connectivity index (χ3v) is 3.73. The fourth-order valence-corrected chi connectivity index (χ4v) is 2.58. The number of imidazole rings is 1. The molecule has 0 radical (unpaired) electrons. The molecule has 3 nitrogen and oxygen atoms in total. The van der Waals surface area contributed by atoms with Crippen LogP contribution in [-0.2, 0) is 14.1 Å². The van der Waals surface area contributed by atoms with E-state index in [1.54, 1.807) is 0 Å². The predicted molar refractivity (Wildman–Crippen MR) is 80.0 cm³/mol. The fraction of sp³-hybridized carbons (Fsp3) is 0.176. The number of hydrogen-bond donors (Lipinski definition) is 0. The van der Waals surface area contributed by atoms with Gasteiger partial charge in [-0.05, 0) is 24.6 Å². The molecule has 0 saturated heterocycles. The van der Waals surface area contributed by atoms with Gasteiger partial charge in [0.05, 0.1) is 0 Å². The summed E-state index contributed by atoms with van der Waals surface area (Å²) in [5, 5.41) is 0. The average molecular weight is 264 g/mol. The number of aryl methyl sites for hydroxylation is 2. The van der Waals surface area contributed by atoms with Crippen molar-refractivity contribution in [2.45, 2.75) is 6.92 Å². The lowest BCUT2D eigenvalue weighted by molar-refractivity contribution is -0.660. The second kappa shape index (κ2) is 4.93. The first-order valence-electron chi connectivity index (χ1n) is 6.71. The zero-order valence-corrected chi connectivity index (χ0v) is 12.0. The van der Waals surface area contributed by atoms with E-state index in [4.69, 9.17) is 0 Å². The summed E-state index contributed by atoms with van der Waals surface area (Å²) in [5.74, 6) is 1.00. The molecule has 3 heteroatoms. The monoisotopic (exact) mass is 264 g/mol. The van der Waals surface area contributed by atoms with Gasteiger partial charge in [-0.2, -0.15) is 0 Å². The van der Waals surface area contributed by atoms with Crippen molar-refractivity contribution in [1.82, 2.24) is 9.55 Å². The molecule has 1 aromatic carbocycles. The largest absolute Gasteiger partial charge is 0.334 e. The minimum Gasteiger partial charge on any atom is -0.334 e. The van der Waals surface area contributed by atoms with Gasteiger partial charge in [0.2, 0.25) is 5.69 Å². The summed E-state index contributed by atoms with van der Waals surface area (Å²) in [6.07, 6.45) is 5.89. The van der Waals surface area contributed by atoms with E-state index in [-0.39, 0.29) is 0 Å². The van der Waals surface area contributed by atoms with E-state index in [0.29, 0.717) is 0 Å². The zero-order chi connectivity index (χ0) is 14.1. The maximum atomic E-state index is 4.46. The first kappa shape index (κ1) is 12.6. The van der Waals surface area contributed by atoms with E-state index in [9.17, 15) is 0 Å². The smallest absolute Gasteiger partial charge is 0.212 e. The van der Waals surface area contributed by atoms with Crippen LogP contribution in [0.3, 0.4) is 0 Å². The molecule has 0 bridgehead atoms. The van der Waals surface area contributed by atoms with Gasteiger partial charge in [-0.1, -0.05) is 12.1 Å². The third kappa shape index (κ3) is 2.01. The molecule has 100 valence electrons. The van der Waals surface area contributed by atoms with Gasteiger partial charge in [-0.3, -0.25) is 0 Å². The number of nitrogens with zero attached hydrogens (tertiary/aromatic N) is 3. The van der Waals surface area contributed by atoms with Crippen molar-refractivity contribution in [3.8, 4) is 22.6 Å². The lowest BCUT2D eigenvalue weighted by Gasteiger charge is -2.10. The SMILES string of the molecule is Cc1c(-c2nccn2C)cccc1-c1cccc[n+]1C. The Morgan fingerprint density at radius 2 is 1.85 bits per heavy atom. The Morgan fingerprint density at radius 1 is 1.05 bits per heavy atom. The molecule has 20 heavy (non-hydrogen) atoms. The van der Waals surface area contributed by atoms with Gasteiger partial charge < -0.3 is 4.57 Å². The number of benzene rings is 1. The molecule has 0 fully saturated rings. The quantitative estimate of drug-likeness (QED) is 0.652. The van der Waals surface area contributed by atoms with Gasteiger partial charge in [0.25, 0.3) is 0 Å². The molecule has 0 saturated carbocycles. The number of aromatic nitrogens is 3. The van der Waals surface area contributed by atoms with Gasteiger partial charge in [0, 0.05) is 42.7 Å². The number of rotatable bonds is 2. The summed E-state index contributed by atoms with van der Waals surface area (Å²) in [6.45, 7) is 2.16. The Labute approximate surface area is 119 Å². The van der Waals surface area contributed by atoms with Crippen molar-refractivity contribution >= 4 is 0 Å². The van der Waals surface area contributed by atoms with Crippen LogP contribution in [0, 0.1) is 6.92 Å². The lowest BCUT2D eigenvalue weighted by Crippen LogP contribution is -2.30. The van der Waals surface area contributed by atoms with Crippen molar-refractivity contribution < 1.29 is 4.57 Å². The molecule has 0 atom stereocenters. The summed E-state index contributed by atoms with van der Waals surface area (Å²) in [6, 6.07) is 12.6. The second-order valence-electron chi connectivity index (χ2n) is 5.04. The molecule has 0 spiro atoms. The molecule has 3 aromatic rings. The van der Waals surface area contributed by atoms with Crippen LogP contribution in [0.2, 0.25) is 0 Å². The first-order chi connectivity index (χ1) is 9.68. The van der Waals surface area contributed by atoms with Crippen LogP contribution in [0.1, 0.15) is 5.56 Å². The summed E-state index contributed by atoms with van der Waals surface area (Å²) < 4.78 is 4.20. The van der Waals surface area contributed by atoms with Crippen LogP contribution in [0.4, 0.5) is 0 Å². The second-order valence-corrected chi connectivity index (χ2v) is 5.04. The molecular formula is C17H18N3+. The number of pyridine rings is 1. The van der Waals surface area contributed by atoms with E-state index >= 15 is 0 Å². The topological polar surface area (TPSA) is 21.7 Å². The molecule has 2 heterocycles. The maximum absolute atomic E-state index is 4.46. The van der Waals surface area contributed by atoms with Gasteiger partial charge in [0.1, 0.15) is 12.9 Å². The highest BCUT2D eigenvalue weighted by atomic mass is 15.0. The van der Waals surface area contributed by atoms with Gasteiger partial charge >= 0.3 is 0 Å². The molecule has 0 N–H and O–H groups in total. The summed E-state index contributed by atoms with van der Waals surface area (Å²) in [5.41, 5.74) is 4.89. The van der Waals surface area contributed by atoms with E-state index in [2.05, 4.69) is 64.6 Å². The van der Waals surface area contributed by atoms with Gasteiger partial charge in [0.15, 0.2) is 6.20 Å². The Balaban J connectivity index is 2.21. The average Bonchev–Trinajstić information content (AvgIpc) is 2.86. The molecule has 0 aliphatic carbocycles. The van der Waals surface area contributed by atoms with E-state index in [0.717, 1.165) is 5.82 Å². The molecule has 0 aliphatic rings. The Morgan fingerprint density at radius 3 is 2.55 bits per heavy atom. The first-order valence-corrected chi connectivity index (χ1v) is 6.71. The molecule has 0 unspecified atom stereocenters. The van der Waals surface area contributed by atoms with Gasteiger partial charge in [-0.15, -0.1) is 0 Å². The van der Waals surface area contributed by atoms with E-state index < -0.39 is 0 Å². The minimum absolute atomic E-state index is 1.00. The van der Waals surface area contributed by atoms with Crippen LogP contribution in [-0.4, -0.2) is 9.55 Å². The normalized spacial score (nSPS) is 10.8. The van der Waals surface area contributed by atoms with Crippen LogP contribution in [0.15, 0.2) is 55.0 Å². The van der Waals surface area contributed by atoms with Crippen LogP contribution < -0.4 is 4.57 Å². The highest BCUT2D eigenvalue weighted by molar-refractivity contribution is 5.72. The predicted octanol–water partition coefficient (Wildman–Crippen LogP) is 2.89. The molecule has 0 aliphatic heterocycles. The van der Waals surface area contributed by atoms with Crippen molar-refractivity contribution in [2.24, 2.45) is 14.1 Å². The van der Waals surface area contributed by atoms with Crippen molar-refractivity contribution in [3.05, 3.63) is 60.6 Å². The highest BCUT2D eigenvalue weighted by Crippen LogP contribution is 2.28. The van der Waals surface area contributed by atoms with E-state index in [1.807, 2.05) is 25.5 Å². The lowest BCUT2D eigenvalue weighted by atomic mass is 9.99. The Hall–Kier alpha value is -2.42. The van der Waals surface area contributed by atoms with Crippen LogP contribution in [0.5, 0.6) is 0 Å². The third-order valence-electron chi connectivity index (χ3n) is 3.73. The minimum atomic E-state index is 1.00. The summed E-state index contributed by atoms with van der Waals surface area (Å²) in [4.78, 5) is 4.46. The zero-order valence-electron chi connectivity index (χ0n) is 12.0. The molecule has 0 amide bonds. The van der Waals surface area contributed by atoms with Crippen molar-refractivity contribution in [3.63, 3.8) is 0 Å². The Bertz CT molecular complexity index is 756. The maximum Gasteiger partial charge on any atom is 0.212 e. The van der Waals surface area contributed by atoms with Crippen LogP contribution in [0.25, 0.3) is 22.6 Å². The highest BCUT2D eigenvalue weighted by Gasteiger charge is 2.15. The van der Waals surface area contributed by atoms with Gasteiger partial charge in [-0.25, -0.2) is 9.55 Å². The molecule has 3 rings (SSSR count). The van der Waals surface area contributed by atoms with Crippen molar-refractivity contribution in [1.29, 1.82) is 0 Å². The standard InChI is InChI=1S/C17H18N3/c1-13-14(16-9-4-5-11-19(16)2)7-6-8-15(13)17-18-10-12-20(17)3/h4-12H,1-3H3/q+1. The summed E-state index contributed by atoms with van der Waals surface area (Å²) >= 11 is 0. The van der Waals surface area contributed by atoms with E-state index in [1.165, 1.54) is 22.4 Å². The molecular weight excluding hydrogens is 246 g/mol. The van der Waals surface area contributed by atoms with Crippen molar-refractivity contribution in [2.75, 3.05) is 0 Å². The van der Waals surface area contributed by atoms with Crippen LogP contribution >= 0.6 is 0 Å². The Kier molecular flexibility index (Phi) is 3.11.